The molecule has 2 aromatic carbocycles. The number of hydrogen-bond acceptors (Lipinski definition) is 4. The van der Waals surface area contributed by atoms with Crippen molar-refractivity contribution in [2.75, 3.05) is 5.43 Å². The standard InChI is InChI=1S/C18H17N3S/c1-2-14-8-10-16(11-9-14)17-13-22-18(20-17)21-19-12-15-6-4-3-5-7-15/h3-13H,2H2,1H3,(H,20,21)/b19-12+. The van der Waals surface area contributed by atoms with Crippen LogP contribution in [0.4, 0.5) is 5.13 Å². The second-order valence-corrected chi connectivity index (χ2v) is 5.73. The Morgan fingerprint density at radius 3 is 2.59 bits per heavy atom. The molecule has 0 aliphatic heterocycles. The number of nitrogens with one attached hydrogen (secondary N) is 1. The minimum Gasteiger partial charge on any atom is -0.253 e. The number of thiazole rings is 1. The number of nitrogens with zero attached hydrogens (tertiary/aromatic N) is 2. The van der Waals surface area contributed by atoms with E-state index in [0.717, 1.165) is 28.4 Å². The molecule has 0 saturated carbocycles. The van der Waals surface area contributed by atoms with E-state index in [9.17, 15) is 0 Å². The van der Waals surface area contributed by atoms with Crippen molar-refractivity contribution in [2.24, 2.45) is 5.10 Å². The Balaban J connectivity index is 1.67. The number of anilines is 1. The lowest BCUT2D eigenvalue weighted by Crippen LogP contribution is -1.90. The predicted molar refractivity (Wildman–Crippen MR) is 94.6 cm³/mol. The minimum absolute atomic E-state index is 0.793. The van der Waals surface area contributed by atoms with E-state index in [2.05, 4.69) is 46.7 Å². The van der Waals surface area contributed by atoms with Gasteiger partial charge < -0.3 is 0 Å². The Labute approximate surface area is 134 Å². The molecule has 0 spiro atoms. The molecule has 0 saturated heterocycles. The van der Waals surface area contributed by atoms with Gasteiger partial charge in [0.05, 0.1) is 11.9 Å². The highest BCUT2D eigenvalue weighted by molar-refractivity contribution is 7.14. The second-order valence-electron chi connectivity index (χ2n) is 4.87. The van der Waals surface area contributed by atoms with Crippen LogP contribution in [0.15, 0.2) is 65.1 Å². The first-order valence-electron chi connectivity index (χ1n) is 7.24. The van der Waals surface area contributed by atoms with Gasteiger partial charge in [-0.1, -0.05) is 61.5 Å². The molecule has 0 radical (unpaired) electrons. The maximum Gasteiger partial charge on any atom is 0.203 e. The van der Waals surface area contributed by atoms with E-state index in [0.29, 0.717) is 0 Å². The van der Waals surface area contributed by atoms with Gasteiger partial charge in [-0.2, -0.15) is 5.10 Å². The zero-order valence-electron chi connectivity index (χ0n) is 12.4. The minimum atomic E-state index is 0.793. The fourth-order valence-electron chi connectivity index (χ4n) is 2.07. The van der Waals surface area contributed by atoms with Gasteiger partial charge in [0.15, 0.2) is 0 Å². The summed E-state index contributed by atoms with van der Waals surface area (Å²) in [6.45, 7) is 2.16. The molecule has 3 aromatic rings. The highest BCUT2D eigenvalue weighted by atomic mass is 32.1. The lowest BCUT2D eigenvalue weighted by Gasteiger charge is -1.99. The van der Waals surface area contributed by atoms with Gasteiger partial charge in [0.25, 0.3) is 0 Å². The third-order valence-corrected chi connectivity index (χ3v) is 4.08. The Morgan fingerprint density at radius 2 is 1.86 bits per heavy atom. The van der Waals surface area contributed by atoms with Crippen LogP contribution in [0.5, 0.6) is 0 Å². The summed E-state index contributed by atoms with van der Waals surface area (Å²) in [7, 11) is 0. The molecule has 0 aliphatic carbocycles. The van der Waals surface area contributed by atoms with Crippen LogP contribution in [-0.4, -0.2) is 11.2 Å². The van der Waals surface area contributed by atoms with Crippen molar-refractivity contribution < 1.29 is 0 Å². The molecule has 1 aromatic heterocycles. The van der Waals surface area contributed by atoms with Crippen molar-refractivity contribution in [3.05, 3.63) is 71.1 Å². The van der Waals surface area contributed by atoms with Gasteiger partial charge in [-0.15, -0.1) is 11.3 Å². The number of hydrazone groups is 1. The van der Waals surface area contributed by atoms with E-state index in [-0.39, 0.29) is 0 Å². The van der Waals surface area contributed by atoms with Crippen molar-refractivity contribution in [3.63, 3.8) is 0 Å². The summed E-state index contributed by atoms with van der Waals surface area (Å²) in [5, 5.41) is 7.06. The third kappa shape index (κ3) is 3.59. The third-order valence-electron chi connectivity index (χ3n) is 3.34. The van der Waals surface area contributed by atoms with Gasteiger partial charge in [0, 0.05) is 10.9 Å². The molecule has 0 fully saturated rings. The van der Waals surface area contributed by atoms with E-state index >= 15 is 0 Å². The zero-order chi connectivity index (χ0) is 15.2. The molecule has 4 heteroatoms. The maximum atomic E-state index is 4.56. The van der Waals surface area contributed by atoms with Gasteiger partial charge in [0.2, 0.25) is 5.13 Å². The summed E-state index contributed by atoms with van der Waals surface area (Å²) in [5.41, 5.74) is 7.49. The van der Waals surface area contributed by atoms with Crippen molar-refractivity contribution in [1.82, 2.24) is 4.98 Å². The van der Waals surface area contributed by atoms with Crippen molar-refractivity contribution in [2.45, 2.75) is 13.3 Å². The monoisotopic (exact) mass is 307 g/mol. The quantitative estimate of drug-likeness (QED) is 0.542. The molecule has 22 heavy (non-hydrogen) atoms. The van der Waals surface area contributed by atoms with Crippen LogP contribution in [0.1, 0.15) is 18.1 Å². The van der Waals surface area contributed by atoms with Crippen LogP contribution in [0.25, 0.3) is 11.3 Å². The van der Waals surface area contributed by atoms with E-state index in [1.807, 2.05) is 35.7 Å². The molecule has 0 unspecified atom stereocenters. The van der Waals surface area contributed by atoms with E-state index in [1.54, 1.807) is 17.6 Å². The lowest BCUT2D eigenvalue weighted by atomic mass is 10.1. The van der Waals surface area contributed by atoms with Crippen LogP contribution in [0.3, 0.4) is 0 Å². The van der Waals surface area contributed by atoms with E-state index < -0.39 is 0 Å². The molecule has 3 rings (SSSR count). The second kappa shape index (κ2) is 7.00. The smallest absolute Gasteiger partial charge is 0.203 e. The highest BCUT2D eigenvalue weighted by Gasteiger charge is 2.03. The van der Waals surface area contributed by atoms with Crippen LogP contribution < -0.4 is 5.43 Å². The molecular weight excluding hydrogens is 290 g/mol. The number of hydrogen-bond donors (Lipinski definition) is 1. The largest absolute Gasteiger partial charge is 0.253 e. The molecule has 110 valence electrons. The fourth-order valence-corrected chi connectivity index (χ4v) is 2.74. The van der Waals surface area contributed by atoms with Gasteiger partial charge in [-0.3, -0.25) is 5.43 Å². The van der Waals surface area contributed by atoms with E-state index in [1.165, 1.54) is 5.56 Å². The SMILES string of the molecule is CCc1ccc(-c2csc(N/N=C/c3ccccc3)n2)cc1. The maximum absolute atomic E-state index is 4.56. The summed E-state index contributed by atoms with van der Waals surface area (Å²) in [6.07, 6.45) is 2.84. The summed E-state index contributed by atoms with van der Waals surface area (Å²) in [5.74, 6) is 0. The normalized spacial score (nSPS) is 11.0. The van der Waals surface area contributed by atoms with Crippen LogP contribution in [0.2, 0.25) is 0 Å². The first kappa shape index (κ1) is 14.5. The summed E-state index contributed by atoms with van der Waals surface area (Å²) >= 11 is 1.55. The summed E-state index contributed by atoms with van der Waals surface area (Å²) in [4.78, 5) is 4.56. The Morgan fingerprint density at radius 1 is 1.09 bits per heavy atom. The predicted octanol–water partition coefficient (Wildman–Crippen LogP) is 4.82. The van der Waals surface area contributed by atoms with Gasteiger partial charge in [-0.05, 0) is 17.5 Å². The van der Waals surface area contributed by atoms with E-state index in [4.69, 9.17) is 0 Å². The molecule has 0 amide bonds. The summed E-state index contributed by atoms with van der Waals surface area (Å²) < 4.78 is 0. The van der Waals surface area contributed by atoms with Gasteiger partial charge in [0.1, 0.15) is 0 Å². The van der Waals surface area contributed by atoms with Gasteiger partial charge in [-0.25, -0.2) is 4.98 Å². The molecular formula is C18H17N3S. The zero-order valence-corrected chi connectivity index (χ0v) is 13.2. The topological polar surface area (TPSA) is 37.3 Å². The average Bonchev–Trinajstić information content (AvgIpc) is 3.05. The van der Waals surface area contributed by atoms with Crippen molar-refractivity contribution >= 4 is 22.7 Å². The average molecular weight is 307 g/mol. The number of benzene rings is 2. The van der Waals surface area contributed by atoms with Crippen molar-refractivity contribution in [1.29, 1.82) is 0 Å². The molecule has 0 atom stereocenters. The van der Waals surface area contributed by atoms with Crippen LogP contribution in [0, 0.1) is 0 Å². The number of aryl methyl sites for hydroxylation is 1. The first-order valence-corrected chi connectivity index (χ1v) is 8.12. The molecule has 1 N–H and O–H groups in total. The van der Waals surface area contributed by atoms with Crippen molar-refractivity contribution in [3.8, 4) is 11.3 Å². The number of aromatic nitrogens is 1. The Hall–Kier alpha value is -2.46. The summed E-state index contributed by atoms with van der Waals surface area (Å²) in [6, 6.07) is 18.5. The van der Waals surface area contributed by atoms with Crippen LogP contribution >= 0.6 is 11.3 Å². The Bertz CT molecular complexity index is 746. The lowest BCUT2D eigenvalue weighted by molar-refractivity contribution is 1.14. The molecule has 1 heterocycles. The molecule has 0 bridgehead atoms. The van der Waals surface area contributed by atoms with Crippen LogP contribution in [-0.2, 0) is 6.42 Å². The van der Waals surface area contributed by atoms with Gasteiger partial charge >= 0.3 is 0 Å². The number of rotatable bonds is 5. The Kier molecular flexibility index (Phi) is 4.61. The molecule has 0 aliphatic rings. The first-order chi connectivity index (χ1) is 10.8. The molecule has 3 nitrogen and oxygen atoms in total. The highest BCUT2D eigenvalue weighted by Crippen LogP contribution is 2.25. The fraction of sp³-hybridized carbons (Fsp3) is 0.111.